The van der Waals surface area contributed by atoms with Gasteiger partial charge in [0.1, 0.15) is 12.0 Å². The third-order valence-electron chi connectivity index (χ3n) is 4.55. The standard InChI is InChI=1S/C19H17N5O2/c1-12-17(19(26)24(22(12)2)14-6-4-3-5-7-14)23-11-21-16-9-8-13(20)10-15(16)18(23)25/h3-11H,20H2,1-2H3. The van der Waals surface area contributed by atoms with Crippen LogP contribution in [0.1, 0.15) is 5.69 Å². The van der Waals surface area contributed by atoms with Crippen LogP contribution < -0.4 is 16.9 Å². The first-order chi connectivity index (χ1) is 12.5. The maximum atomic E-state index is 13.1. The zero-order valence-electron chi connectivity index (χ0n) is 14.4. The highest BCUT2D eigenvalue weighted by Gasteiger charge is 2.19. The molecule has 4 rings (SSSR count). The number of hydrogen-bond donors (Lipinski definition) is 1. The lowest BCUT2D eigenvalue weighted by Gasteiger charge is -2.07. The fourth-order valence-electron chi connectivity index (χ4n) is 3.13. The summed E-state index contributed by atoms with van der Waals surface area (Å²) in [5, 5.41) is 0.376. The molecule has 2 N–H and O–H groups in total. The van der Waals surface area contributed by atoms with Crippen LogP contribution in [0.2, 0.25) is 0 Å². The minimum atomic E-state index is -0.326. The molecule has 0 aliphatic rings. The number of hydrogen-bond acceptors (Lipinski definition) is 4. The summed E-state index contributed by atoms with van der Waals surface area (Å²) in [4.78, 5) is 30.4. The maximum Gasteiger partial charge on any atom is 0.296 e. The normalized spacial score (nSPS) is 11.2. The number of nitrogen functional groups attached to an aromatic ring is 1. The molecule has 0 saturated carbocycles. The summed E-state index contributed by atoms with van der Waals surface area (Å²) in [7, 11) is 1.78. The molecule has 0 aliphatic heterocycles. The summed E-state index contributed by atoms with van der Waals surface area (Å²) in [6, 6.07) is 14.2. The van der Waals surface area contributed by atoms with Crippen LogP contribution >= 0.6 is 0 Å². The Labute approximate surface area is 148 Å². The molecule has 2 aromatic heterocycles. The van der Waals surface area contributed by atoms with Gasteiger partial charge in [-0.25, -0.2) is 9.67 Å². The molecular weight excluding hydrogens is 330 g/mol. The highest BCUT2D eigenvalue weighted by Crippen LogP contribution is 2.15. The van der Waals surface area contributed by atoms with Crippen molar-refractivity contribution >= 4 is 16.6 Å². The predicted octanol–water partition coefficient (Wildman–Crippen LogP) is 1.77. The van der Waals surface area contributed by atoms with Gasteiger partial charge in [-0.2, -0.15) is 0 Å². The monoisotopic (exact) mass is 347 g/mol. The molecule has 4 aromatic rings. The highest BCUT2D eigenvalue weighted by molar-refractivity contribution is 5.81. The number of benzene rings is 2. The minimum absolute atomic E-state index is 0.276. The molecule has 0 bridgehead atoms. The lowest BCUT2D eigenvalue weighted by atomic mass is 10.2. The lowest BCUT2D eigenvalue weighted by molar-refractivity contribution is 0.630. The van der Waals surface area contributed by atoms with Crippen molar-refractivity contribution in [1.29, 1.82) is 0 Å². The first-order valence-electron chi connectivity index (χ1n) is 8.10. The van der Waals surface area contributed by atoms with Crippen LogP contribution in [0, 0.1) is 6.92 Å². The Morgan fingerprint density at radius 2 is 1.73 bits per heavy atom. The summed E-state index contributed by atoms with van der Waals surface area (Å²) < 4.78 is 4.54. The number of aromatic nitrogens is 4. The molecule has 0 aliphatic carbocycles. The molecule has 0 spiro atoms. The smallest absolute Gasteiger partial charge is 0.296 e. The van der Waals surface area contributed by atoms with Gasteiger partial charge in [-0.3, -0.25) is 18.8 Å². The van der Waals surface area contributed by atoms with Crippen LogP contribution in [0.15, 0.2) is 64.4 Å². The molecule has 130 valence electrons. The molecular formula is C19H17N5O2. The number of fused-ring (bicyclic) bond motifs is 1. The maximum absolute atomic E-state index is 13.1. The first kappa shape index (κ1) is 15.9. The molecule has 0 amide bonds. The van der Waals surface area contributed by atoms with Crippen molar-refractivity contribution in [3.63, 3.8) is 0 Å². The van der Waals surface area contributed by atoms with Gasteiger partial charge in [-0.1, -0.05) is 18.2 Å². The Kier molecular flexibility index (Phi) is 3.50. The SMILES string of the molecule is Cc1c(-n2cnc3ccc(N)cc3c2=O)c(=O)n(-c2ccccc2)n1C. The van der Waals surface area contributed by atoms with E-state index in [2.05, 4.69) is 4.98 Å². The van der Waals surface area contributed by atoms with E-state index in [0.717, 1.165) is 5.69 Å². The largest absolute Gasteiger partial charge is 0.399 e. The Bertz CT molecular complexity index is 1250. The quantitative estimate of drug-likeness (QED) is 0.560. The number of rotatable bonds is 2. The Morgan fingerprint density at radius 3 is 2.46 bits per heavy atom. The zero-order chi connectivity index (χ0) is 18.4. The van der Waals surface area contributed by atoms with Crippen molar-refractivity contribution in [3.05, 3.63) is 81.3 Å². The molecule has 0 unspecified atom stereocenters. The van der Waals surface area contributed by atoms with E-state index in [4.69, 9.17) is 5.73 Å². The summed E-state index contributed by atoms with van der Waals surface area (Å²) >= 11 is 0. The molecule has 0 saturated heterocycles. The van der Waals surface area contributed by atoms with Crippen molar-refractivity contribution in [1.82, 2.24) is 18.9 Å². The van der Waals surface area contributed by atoms with Crippen molar-refractivity contribution < 1.29 is 0 Å². The number of anilines is 1. The van der Waals surface area contributed by atoms with Gasteiger partial charge < -0.3 is 5.73 Å². The zero-order valence-corrected chi connectivity index (χ0v) is 14.4. The van der Waals surface area contributed by atoms with Crippen LogP contribution in [0.4, 0.5) is 5.69 Å². The number of nitrogens with two attached hydrogens (primary N) is 1. The van der Waals surface area contributed by atoms with Crippen molar-refractivity contribution in [3.8, 4) is 11.4 Å². The van der Waals surface area contributed by atoms with E-state index in [1.165, 1.54) is 15.6 Å². The fraction of sp³-hybridized carbons (Fsp3) is 0.105. The highest BCUT2D eigenvalue weighted by atomic mass is 16.1. The van der Waals surface area contributed by atoms with Gasteiger partial charge in [0.15, 0.2) is 0 Å². The average Bonchev–Trinajstić information content (AvgIpc) is 2.86. The van der Waals surface area contributed by atoms with Gasteiger partial charge in [0, 0.05) is 12.7 Å². The van der Waals surface area contributed by atoms with Crippen LogP contribution in [0.5, 0.6) is 0 Å². The second-order valence-electron chi connectivity index (χ2n) is 6.11. The van der Waals surface area contributed by atoms with E-state index in [0.29, 0.717) is 22.3 Å². The minimum Gasteiger partial charge on any atom is -0.399 e. The van der Waals surface area contributed by atoms with E-state index >= 15 is 0 Å². The van der Waals surface area contributed by atoms with Crippen LogP contribution in [0.25, 0.3) is 22.3 Å². The van der Waals surface area contributed by atoms with Crippen molar-refractivity contribution in [2.75, 3.05) is 5.73 Å². The summed E-state index contributed by atoms with van der Waals surface area (Å²) in [6.45, 7) is 1.80. The van der Waals surface area contributed by atoms with E-state index in [1.807, 2.05) is 30.3 Å². The Balaban J connectivity index is 2.04. The number of para-hydroxylation sites is 1. The second-order valence-corrected chi connectivity index (χ2v) is 6.11. The summed E-state index contributed by atoms with van der Waals surface area (Å²) in [5.41, 5.74) is 7.85. The molecule has 0 radical (unpaired) electrons. The van der Waals surface area contributed by atoms with Crippen molar-refractivity contribution in [2.24, 2.45) is 7.05 Å². The molecule has 7 heteroatoms. The van der Waals surface area contributed by atoms with Gasteiger partial charge in [-0.15, -0.1) is 0 Å². The first-order valence-corrected chi connectivity index (χ1v) is 8.10. The third kappa shape index (κ3) is 2.25. The second kappa shape index (κ2) is 5.73. The molecule has 0 fully saturated rings. The molecule has 0 atom stereocenters. The molecule has 2 heterocycles. The fourth-order valence-corrected chi connectivity index (χ4v) is 3.13. The van der Waals surface area contributed by atoms with Gasteiger partial charge in [0.25, 0.3) is 11.1 Å². The summed E-state index contributed by atoms with van der Waals surface area (Å²) in [5.74, 6) is 0. The molecule has 2 aromatic carbocycles. The van der Waals surface area contributed by atoms with Crippen LogP contribution in [0.3, 0.4) is 0 Å². The van der Waals surface area contributed by atoms with Crippen molar-refractivity contribution in [2.45, 2.75) is 6.92 Å². The summed E-state index contributed by atoms with van der Waals surface area (Å²) in [6.07, 6.45) is 1.39. The number of nitrogens with zero attached hydrogens (tertiary/aromatic N) is 4. The van der Waals surface area contributed by atoms with E-state index in [1.54, 1.807) is 36.9 Å². The predicted molar refractivity (Wildman–Crippen MR) is 101 cm³/mol. The van der Waals surface area contributed by atoms with E-state index in [9.17, 15) is 9.59 Å². The van der Waals surface area contributed by atoms with Gasteiger partial charge >= 0.3 is 0 Å². The van der Waals surface area contributed by atoms with Crippen LogP contribution in [-0.2, 0) is 7.05 Å². The van der Waals surface area contributed by atoms with Gasteiger partial charge in [-0.05, 0) is 37.3 Å². The topological polar surface area (TPSA) is 87.8 Å². The van der Waals surface area contributed by atoms with E-state index in [-0.39, 0.29) is 16.8 Å². The Morgan fingerprint density at radius 1 is 1.00 bits per heavy atom. The van der Waals surface area contributed by atoms with Crippen LogP contribution in [-0.4, -0.2) is 18.9 Å². The average molecular weight is 347 g/mol. The van der Waals surface area contributed by atoms with Gasteiger partial charge in [0.2, 0.25) is 0 Å². The van der Waals surface area contributed by atoms with E-state index < -0.39 is 0 Å². The lowest BCUT2D eigenvalue weighted by Crippen LogP contribution is -2.26. The van der Waals surface area contributed by atoms with Gasteiger partial charge in [0.05, 0.1) is 22.3 Å². The third-order valence-corrected chi connectivity index (χ3v) is 4.55. The molecule has 7 nitrogen and oxygen atoms in total. The molecule has 26 heavy (non-hydrogen) atoms. The Hall–Kier alpha value is -3.61.